The van der Waals surface area contributed by atoms with Crippen LogP contribution in [0, 0.1) is 0 Å². The number of carbonyl (C=O) groups is 1. The van der Waals surface area contributed by atoms with E-state index in [2.05, 4.69) is 0 Å². The molecule has 0 saturated heterocycles. The molecule has 0 aliphatic carbocycles. The lowest BCUT2D eigenvalue weighted by Crippen LogP contribution is -2.29. The highest BCUT2D eigenvalue weighted by Crippen LogP contribution is 2.58. The summed E-state index contributed by atoms with van der Waals surface area (Å²) in [7, 11) is -7.18. The molecule has 0 unspecified atom stereocenters. The fourth-order valence-corrected chi connectivity index (χ4v) is 3.29. The van der Waals surface area contributed by atoms with Crippen LogP contribution in [-0.2, 0) is 18.7 Å². The molecular formula is C11H23O8P2+. The van der Waals surface area contributed by atoms with E-state index < -0.39 is 27.0 Å². The summed E-state index contributed by atoms with van der Waals surface area (Å²) in [6.07, 6.45) is 1.72. The Bertz CT molecular complexity index is 418. The zero-order chi connectivity index (χ0) is 17.3. The predicted molar refractivity (Wildman–Crippen MR) is 77.8 cm³/mol. The zero-order valence-electron chi connectivity index (χ0n) is 12.5. The number of carbonyl (C=O) groups excluding carboxylic acids is 1. The summed E-state index contributed by atoms with van der Waals surface area (Å²) >= 11 is 0. The molecule has 0 aromatic rings. The molecule has 4 N–H and O–H groups in total. The van der Waals surface area contributed by atoms with E-state index in [0.29, 0.717) is 5.57 Å². The molecule has 0 aromatic carbocycles. The van der Waals surface area contributed by atoms with Gasteiger partial charge < -0.3 is 14.5 Å². The summed E-state index contributed by atoms with van der Waals surface area (Å²) in [4.78, 5) is 44.5. The fourth-order valence-electron chi connectivity index (χ4n) is 1.94. The van der Waals surface area contributed by atoms with Gasteiger partial charge in [0.15, 0.2) is 0 Å². The highest BCUT2D eigenvalue weighted by molar-refractivity contribution is 7.53. The van der Waals surface area contributed by atoms with Crippen LogP contribution in [0.25, 0.3) is 0 Å². The zero-order valence-corrected chi connectivity index (χ0v) is 14.3. The first-order valence-corrected chi connectivity index (χ1v) is 9.02. The van der Waals surface area contributed by atoms with Crippen molar-refractivity contribution in [2.75, 3.05) is 6.61 Å². The van der Waals surface area contributed by atoms with Crippen molar-refractivity contribution < 1.29 is 38.2 Å². The van der Waals surface area contributed by atoms with Crippen LogP contribution >= 0.6 is 15.9 Å². The monoisotopic (exact) mass is 345 g/mol. The maximum absolute atomic E-state index is 11.6. The lowest BCUT2D eigenvalue weighted by Gasteiger charge is -2.33. The minimum atomic E-state index is -4.31. The van der Waals surface area contributed by atoms with E-state index in [-0.39, 0.29) is 19.4 Å². The van der Waals surface area contributed by atoms with Gasteiger partial charge >= 0.3 is 21.8 Å². The van der Waals surface area contributed by atoms with Crippen LogP contribution in [0.2, 0.25) is 0 Å². The van der Waals surface area contributed by atoms with E-state index >= 15 is 0 Å². The summed E-state index contributed by atoms with van der Waals surface area (Å²) in [5.41, 5.74) is 0.370. The topological polar surface area (TPSA) is 141 Å². The van der Waals surface area contributed by atoms with Gasteiger partial charge in [-0.15, -0.1) is 9.79 Å². The Morgan fingerprint density at radius 2 is 1.62 bits per heavy atom. The third-order valence-electron chi connectivity index (χ3n) is 3.08. The van der Waals surface area contributed by atoms with Gasteiger partial charge in [-0.1, -0.05) is 13.8 Å². The van der Waals surface area contributed by atoms with E-state index in [9.17, 15) is 19.1 Å². The average Bonchev–Trinajstić information content (AvgIpc) is 2.28. The summed E-state index contributed by atoms with van der Waals surface area (Å²) in [5.74, 6) is -0.565. The van der Waals surface area contributed by atoms with Crippen molar-refractivity contribution in [1.29, 1.82) is 0 Å². The second-order valence-electron chi connectivity index (χ2n) is 4.11. The van der Waals surface area contributed by atoms with Gasteiger partial charge in [0.25, 0.3) is 0 Å². The molecule has 0 spiro atoms. The molecule has 0 rings (SSSR count). The van der Waals surface area contributed by atoms with Gasteiger partial charge in [-0.3, -0.25) is 4.57 Å². The van der Waals surface area contributed by atoms with Crippen LogP contribution in [0.15, 0.2) is 11.6 Å². The summed E-state index contributed by atoms with van der Waals surface area (Å²) in [6.45, 7) is 6.87. The Morgan fingerprint density at radius 1 is 1.24 bits per heavy atom. The van der Waals surface area contributed by atoms with Crippen molar-refractivity contribution in [2.45, 2.75) is 45.7 Å². The number of ether oxygens (including phenoxy) is 1. The molecule has 8 nitrogen and oxygen atoms in total. The van der Waals surface area contributed by atoms with Crippen molar-refractivity contribution in [2.24, 2.45) is 0 Å². The molecule has 0 bridgehead atoms. The van der Waals surface area contributed by atoms with Crippen LogP contribution in [0.1, 0.15) is 40.5 Å². The molecule has 21 heavy (non-hydrogen) atoms. The van der Waals surface area contributed by atoms with Crippen LogP contribution in [0.5, 0.6) is 0 Å². The normalized spacial score (nSPS) is 12.3. The molecule has 0 saturated carbocycles. The molecule has 0 aliphatic rings. The Hall–Kier alpha value is -0.620. The lowest BCUT2D eigenvalue weighted by atomic mass is 9.93. The molecule has 124 valence electrons. The fraction of sp³-hybridized carbons (Fsp3) is 0.727. The van der Waals surface area contributed by atoms with Crippen molar-refractivity contribution in [3.05, 3.63) is 11.6 Å². The maximum Gasteiger partial charge on any atom is 0.692 e. The molecule has 0 heterocycles. The number of rotatable bonds is 6. The van der Waals surface area contributed by atoms with E-state index in [1.165, 1.54) is 6.08 Å². The van der Waals surface area contributed by atoms with E-state index in [1.807, 2.05) is 0 Å². The minimum Gasteiger partial charge on any atom is -0.463 e. The Balaban J connectivity index is 0. The molecule has 10 heteroatoms. The quantitative estimate of drug-likeness (QED) is 0.325. The molecule has 0 aromatic heterocycles. The maximum atomic E-state index is 11.6. The highest BCUT2D eigenvalue weighted by Gasteiger charge is 2.45. The Labute approximate surface area is 124 Å². The van der Waals surface area contributed by atoms with Crippen LogP contribution < -0.4 is 0 Å². The second kappa shape index (κ2) is 10.2. The minimum absolute atomic E-state index is 0.240. The molecule has 0 fully saturated rings. The molecule has 0 atom stereocenters. The first-order valence-electron chi connectivity index (χ1n) is 6.24. The predicted octanol–water partition coefficient (Wildman–Crippen LogP) is 1.86. The van der Waals surface area contributed by atoms with Crippen molar-refractivity contribution in [3.8, 4) is 0 Å². The molecule has 0 aliphatic heterocycles. The molecular weight excluding hydrogens is 322 g/mol. The highest BCUT2D eigenvalue weighted by atomic mass is 31.2. The van der Waals surface area contributed by atoms with Gasteiger partial charge in [0, 0.05) is 10.6 Å². The molecule has 0 radical (unpaired) electrons. The number of hydrogen-bond donors (Lipinski definition) is 4. The van der Waals surface area contributed by atoms with Crippen molar-refractivity contribution in [1.82, 2.24) is 0 Å². The average molecular weight is 345 g/mol. The number of allylic oxidation sites excluding steroid dienone is 1. The Morgan fingerprint density at radius 3 is 1.86 bits per heavy atom. The van der Waals surface area contributed by atoms with Gasteiger partial charge in [-0.2, -0.15) is 0 Å². The lowest BCUT2D eigenvalue weighted by molar-refractivity contribution is -0.137. The Kier molecular flexibility index (Phi) is 11.0. The van der Waals surface area contributed by atoms with Crippen LogP contribution in [-0.4, -0.2) is 37.3 Å². The van der Waals surface area contributed by atoms with Crippen molar-refractivity contribution in [3.63, 3.8) is 0 Å². The van der Waals surface area contributed by atoms with Gasteiger partial charge in [-0.05, 0) is 32.3 Å². The largest absolute Gasteiger partial charge is 0.692 e. The van der Waals surface area contributed by atoms with Crippen molar-refractivity contribution >= 4 is 21.8 Å². The van der Waals surface area contributed by atoms with Crippen LogP contribution in [0.3, 0.4) is 0 Å². The molecule has 0 amide bonds. The van der Waals surface area contributed by atoms with Gasteiger partial charge in [0.2, 0.25) is 0 Å². The summed E-state index contributed by atoms with van der Waals surface area (Å²) in [5, 5.41) is -1.26. The third-order valence-corrected chi connectivity index (χ3v) is 5.18. The van der Waals surface area contributed by atoms with Gasteiger partial charge in [0.1, 0.15) is 0 Å². The second-order valence-corrected chi connectivity index (χ2v) is 6.56. The summed E-state index contributed by atoms with van der Waals surface area (Å²) < 4.78 is 25.0. The van der Waals surface area contributed by atoms with Crippen LogP contribution in [0.4, 0.5) is 0 Å². The number of esters is 1. The smallest absolute Gasteiger partial charge is 0.463 e. The van der Waals surface area contributed by atoms with E-state index in [0.717, 1.165) is 0 Å². The number of hydrogen-bond acceptors (Lipinski definition) is 4. The summed E-state index contributed by atoms with van der Waals surface area (Å²) in [6, 6.07) is 0. The van der Waals surface area contributed by atoms with E-state index in [1.54, 1.807) is 27.7 Å². The first kappa shape index (κ1) is 22.7. The SMILES string of the molecule is CCOC(=O)C=C(C)C(CC)(CC)P(=O)(O)O.O=[P+](O)O. The van der Waals surface area contributed by atoms with Gasteiger partial charge in [0.05, 0.1) is 11.8 Å². The standard InChI is InChI=1S/C11H21O5P.HO3P/c1-5-11(6-2,17(13,14)15)9(4)8-10(12)16-7-3;1-4(2)3/h8H,5-7H2,1-4H3,(H2,13,14,15);(H-,1,2,3)/p+1. The van der Waals surface area contributed by atoms with E-state index in [4.69, 9.17) is 19.1 Å². The van der Waals surface area contributed by atoms with Gasteiger partial charge in [-0.25, -0.2) is 4.79 Å². The first-order chi connectivity index (χ1) is 9.48. The third kappa shape index (κ3) is 7.81.